The molecule has 130 valence electrons. The molecule has 1 atom stereocenters. The van der Waals surface area contributed by atoms with Gasteiger partial charge in [0.15, 0.2) is 9.84 Å². The van der Waals surface area contributed by atoms with Gasteiger partial charge < -0.3 is 4.90 Å². The lowest BCUT2D eigenvalue weighted by molar-refractivity contribution is -0.130. The number of sulfone groups is 1. The number of fused-ring (bicyclic) bond motifs is 1. The summed E-state index contributed by atoms with van der Waals surface area (Å²) in [7, 11) is -3.00. The van der Waals surface area contributed by atoms with Crippen LogP contribution in [0.15, 0.2) is 22.8 Å². The lowest BCUT2D eigenvalue weighted by Gasteiger charge is -2.27. The molecule has 0 aliphatic carbocycles. The Balaban J connectivity index is 1.69. The minimum atomic E-state index is -3.00. The summed E-state index contributed by atoms with van der Waals surface area (Å²) in [5.41, 5.74) is 0.886. The van der Waals surface area contributed by atoms with Gasteiger partial charge in [-0.2, -0.15) is 0 Å². The van der Waals surface area contributed by atoms with Crippen LogP contribution in [0.5, 0.6) is 0 Å². The van der Waals surface area contributed by atoms with Crippen molar-refractivity contribution in [1.82, 2.24) is 14.9 Å². The number of nitrogens with zero attached hydrogens (tertiary/aromatic N) is 3. The molecular weight excluding hydrogens is 366 g/mol. The summed E-state index contributed by atoms with van der Waals surface area (Å²) in [5.74, 6) is 0.513. The highest BCUT2D eigenvalue weighted by Gasteiger charge is 2.34. The van der Waals surface area contributed by atoms with Gasteiger partial charge in [0.1, 0.15) is 11.4 Å². The number of thiophene rings is 1. The summed E-state index contributed by atoms with van der Waals surface area (Å²) < 4.78 is 24.4. The molecule has 0 saturated carbocycles. The van der Waals surface area contributed by atoms with Crippen LogP contribution in [-0.4, -0.2) is 59.0 Å². The van der Waals surface area contributed by atoms with Gasteiger partial charge in [0.2, 0.25) is 5.91 Å². The highest BCUT2D eigenvalue weighted by atomic mass is 32.2. The Morgan fingerprint density at radius 1 is 1.46 bits per heavy atom. The molecule has 0 bridgehead atoms. The summed E-state index contributed by atoms with van der Waals surface area (Å²) in [6.07, 6.45) is 2.87. The second-order valence-corrected chi connectivity index (χ2v) is 9.86. The molecule has 0 radical (unpaired) electrons. The minimum absolute atomic E-state index is 0.0210. The molecule has 1 unspecified atom stereocenters. The summed E-state index contributed by atoms with van der Waals surface area (Å²) in [6, 6.07) is 1.75. The van der Waals surface area contributed by atoms with Crippen LogP contribution in [0.3, 0.4) is 0 Å². The van der Waals surface area contributed by atoms with Gasteiger partial charge in [-0.1, -0.05) is 18.7 Å². The maximum atomic E-state index is 12.6. The average Bonchev–Trinajstić information content (AvgIpc) is 3.16. The van der Waals surface area contributed by atoms with E-state index in [1.165, 1.54) is 18.1 Å². The molecule has 2 aromatic heterocycles. The van der Waals surface area contributed by atoms with E-state index in [0.717, 1.165) is 21.7 Å². The Hall–Kier alpha value is -1.19. The number of hydrogen-bond acceptors (Lipinski definition) is 7. The standard InChI is InChI=1S/C15H19N3O3S3/c1-2-5-18(11-4-7-24(20,21)9-11)13(19)8-23-15-14-12(3-6-22-14)16-10-17-15/h3,6,10-11H,2,4-5,7-9H2,1H3. The third-order valence-electron chi connectivity index (χ3n) is 3.98. The highest BCUT2D eigenvalue weighted by molar-refractivity contribution is 8.00. The number of carbonyl (C=O) groups excluding carboxylic acids is 1. The zero-order valence-electron chi connectivity index (χ0n) is 13.3. The molecule has 1 fully saturated rings. The molecular formula is C15H19N3O3S3. The van der Waals surface area contributed by atoms with E-state index in [4.69, 9.17) is 0 Å². The van der Waals surface area contributed by atoms with Crippen LogP contribution in [0.2, 0.25) is 0 Å². The summed E-state index contributed by atoms with van der Waals surface area (Å²) >= 11 is 2.95. The van der Waals surface area contributed by atoms with Crippen molar-refractivity contribution in [2.75, 3.05) is 23.8 Å². The van der Waals surface area contributed by atoms with Crippen LogP contribution in [-0.2, 0) is 14.6 Å². The lowest BCUT2D eigenvalue weighted by Crippen LogP contribution is -2.42. The Kier molecular flexibility index (Phi) is 5.41. The Morgan fingerprint density at radius 2 is 2.29 bits per heavy atom. The van der Waals surface area contributed by atoms with Gasteiger partial charge in [0.25, 0.3) is 0 Å². The van der Waals surface area contributed by atoms with Crippen LogP contribution >= 0.6 is 23.1 Å². The van der Waals surface area contributed by atoms with E-state index in [-0.39, 0.29) is 29.2 Å². The Bertz CT molecular complexity index is 835. The van der Waals surface area contributed by atoms with Crippen LogP contribution in [0.25, 0.3) is 10.2 Å². The first kappa shape index (κ1) is 17.6. The lowest BCUT2D eigenvalue weighted by atomic mass is 10.2. The van der Waals surface area contributed by atoms with Crippen molar-refractivity contribution >= 4 is 49.1 Å². The molecule has 0 spiro atoms. The maximum absolute atomic E-state index is 12.6. The van der Waals surface area contributed by atoms with E-state index >= 15 is 0 Å². The van der Waals surface area contributed by atoms with Gasteiger partial charge in [-0.3, -0.25) is 4.79 Å². The van der Waals surface area contributed by atoms with Crippen molar-refractivity contribution in [2.24, 2.45) is 0 Å². The zero-order valence-corrected chi connectivity index (χ0v) is 15.8. The van der Waals surface area contributed by atoms with Gasteiger partial charge >= 0.3 is 0 Å². The number of thioether (sulfide) groups is 1. The van der Waals surface area contributed by atoms with Gasteiger partial charge in [-0.05, 0) is 24.3 Å². The van der Waals surface area contributed by atoms with Crippen molar-refractivity contribution in [2.45, 2.75) is 30.8 Å². The maximum Gasteiger partial charge on any atom is 0.233 e. The molecule has 3 rings (SSSR count). The van der Waals surface area contributed by atoms with Gasteiger partial charge in [-0.15, -0.1) is 11.3 Å². The number of rotatable bonds is 6. The van der Waals surface area contributed by atoms with E-state index in [0.29, 0.717) is 13.0 Å². The molecule has 6 nitrogen and oxygen atoms in total. The molecule has 2 aromatic rings. The quantitative estimate of drug-likeness (QED) is 0.560. The summed E-state index contributed by atoms with van der Waals surface area (Å²) in [4.78, 5) is 22.9. The van der Waals surface area contributed by atoms with Gasteiger partial charge in [0, 0.05) is 12.6 Å². The van der Waals surface area contributed by atoms with Crippen molar-refractivity contribution in [1.29, 1.82) is 0 Å². The van der Waals surface area contributed by atoms with E-state index in [2.05, 4.69) is 9.97 Å². The first-order valence-corrected chi connectivity index (χ1v) is 11.5. The first-order chi connectivity index (χ1) is 11.5. The predicted molar refractivity (Wildman–Crippen MR) is 97.2 cm³/mol. The minimum Gasteiger partial charge on any atom is -0.338 e. The van der Waals surface area contributed by atoms with Crippen molar-refractivity contribution in [3.63, 3.8) is 0 Å². The second kappa shape index (κ2) is 7.37. The van der Waals surface area contributed by atoms with Crippen LogP contribution in [0, 0.1) is 0 Å². The van der Waals surface area contributed by atoms with Crippen molar-refractivity contribution in [3.05, 3.63) is 17.8 Å². The summed E-state index contributed by atoms with van der Waals surface area (Å²) in [6.45, 7) is 2.59. The van der Waals surface area contributed by atoms with E-state index in [1.54, 1.807) is 16.2 Å². The second-order valence-electron chi connectivity index (χ2n) is 5.75. The molecule has 3 heterocycles. The van der Waals surface area contributed by atoms with Crippen molar-refractivity contribution in [3.8, 4) is 0 Å². The van der Waals surface area contributed by atoms with Crippen LogP contribution in [0.4, 0.5) is 0 Å². The molecule has 1 aliphatic heterocycles. The highest BCUT2D eigenvalue weighted by Crippen LogP contribution is 2.29. The number of aromatic nitrogens is 2. The van der Waals surface area contributed by atoms with Gasteiger partial charge in [-0.25, -0.2) is 18.4 Å². The molecule has 24 heavy (non-hydrogen) atoms. The molecule has 1 amide bonds. The molecule has 0 N–H and O–H groups in total. The Morgan fingerprint density at radius 3 is 3.00 bits per heavy atom. The smallest absolute Gasteiger partial charge is 0.233 e. The fourth-order valence-electron chi connectivity index (χ4n) is 2.86. The normalized spacial score (nSPS) is 19.6. The van der Waals surface area contributed by atoms with E-state index in [1.807, 2.05) is 18.4 Å². The largest absolute Gasteiger partial charge is 0.338 e. The number of carbonyl (C=O) groups is 1. The molecule has 1 aliphatic rings. The Labute approximate surface area is 149 Å². The SMILES string of the molecule is CCCN(C(=O)CSc1ncnc2ccsc12)C1CCS(=O)(=O)C1. The average molecular weight is 386 g/mol. The number of amides is 1. The van der Waals surface area contributed by atoms with Crippen molar-refractivity contribution < 1.29 is 13.2 Å². The van der Waals surface area contributed by atoms with Crippen LogP contribution < -0.4 is 0 Å². The zero-order chi connectivity index (χ0) is 17.2. The first-order valence-electron chi connectivity index (χ1n) is 7.81. The molecule has 9 heteroatoms. The predicted octanol–water partition coefficient (Wildman–Crippen LogP) is 2.21. The fraction of sp³-hybridized carbons (Fsp3) is 0.533. The van der Waals surface area contributed by atoms with E-state index in [9.17, 15) is 13.2 Å². The molecule has 0 aromatic carbocycles. The fourth-order valence-corrected chi connectivity index (χ4v) is 6.42. The third kappa shape index (κ3) is 3.89. The monoisotopic (exact) mass is 385 g/mol. The molecule has 1 saturated heterocycles. The third-order valence-corrected chi connectivity index (χ3v) is 7.74. The number of hydrogen-bond donors (Lipinski definition) is 0. The van der Waals surface area contributed by atoms with E-state index < -0.39 is 9.84 Å². The van der Waals surface area contributed by atoms with Crippen LogP contribution in [0.1, 0.15) is 19.8 Å². The topological polar surface area (TPSA) is 80.2 Å². The summed E-state index contributed by atoms with van der Waals surface area (Å²) in [5, 5.41) is 2.76. The van der Waals surface area contributed by atoms with Gasteiger partial charge in [0.05, 0.1) is 27.5 Å².